The molecule has 1 N–H and O–H groups in total. The zero-order valence-corrected chi connectivity index (χ0v) is 5.07. The summed E-state index contributed by atoms with van der Waals surface area (Å²) in [5.41, 5.74) is 0. The minimum absolute atomic E-state index is 0.602. The molecule has 0 unspecified atom stereocenters. The first-order valence-electron chi connectivity index (χ1n) is 1.82. The Bertz CT molecular complexity index is 87.7. The quantitative estimate of drug-likeness (QED) is 0.309. The molecule has 0 saturated heterocycles. The monoisotopic (exact) mass is 116 g/mol. The molecule has 0 aromatic heterocycles. The lowest BCUT2D eigenvalue weighted by atomic mass is 11.0. The van der Waals surface area contributed by atoms with Crippen LogP contribution in [0.2, 0.25) is 0 Å². The Kier molecular flexibility index (Phi) is 3.50. The van der Waals surface area contributed by atoms with E-state index >= 15 is 0 Å². The third-order valence-corrected chi connectivity index (χ3v) is 0.489. The van der Waals surface area contributed by atoms with Crippen LogP contribution in [-0.4, -0.2) is 13.4 Å². The van der Waals surface area contributed by atoms with Gasteiger partial charge in [-0.25, -0.2) is 0 Å². The van der Waals surface area contributed by atoms with Gasteiger partial charge in [-0.1, -0.05) is 6.58 Å². The second-order valence-electron chi connectivity index (χ2n) is 0.978. The van der Waals surface area contributed by atoms with Crippen LogP contribution in [0.1, 0.15) is 0 Å². The Morgan fingerprint density at radius 3 is 2.71 bits per heavy atom. The average molecular weight is 116 g/mol. The van der Waals surface area contributed by atoms with Crippen molar-refractivity contribution in [3.63, 3.8) is 0 Å². The van der Waals surface area contributed by atoms with Gasteiger partial charge < -0.3 is 5.32 Å². The molecule has 0 radical (unpaired) electrons. The van der Waals surface area contributed by atoms with Crippen molar-refractivity contribution in [1.82, 2.24) is 5.32 Å². The van der Waals surface area contributed by atoms with Crippen LogP contribution in [0.4, 0.5) is 0 Å². The highest BCUT2D eigenvalue weighted by Gasteiger charge is 1.70. The minimum atomic E-state index is 0.602. The molecule has 0 aliphatic heterocycles. The number of thiol groups is 1. The van der Waals surface area contributed by atoms with Gasteiger partial charge in [-0.15, -0.1) is 12.6 Å². The SMILES string of the molecule is C=C(S)N/C=N\C. The van der Waals surface area contributed by atoms with Crippen molar-refractivity contribution in [3.05, 3.63) is 11.6 Å². The predicted octanol–water partition coefficient (Wildman–Crippen LogP) is 0.635. The summed E-state index contributed by atoms with van der Waals surface area (Å²) in [5, 5.41) is 3.28. The van der Waals surface area contributed by atoms with Gasteiger partial charge in [-0.3, -0.25) is 4.99 Å². The molecule has 0 spiro atoms. The molecule has 0 aromatic carbocycles. The largest absolute Gasteiger partial charge is 0.342 e. The van der Waals surface area contributed by atoms with E-state index < -0.39 is 0 Å². The first-order chi connectivity index (χ1) is 3.27. The summed E-state index contributed by atoms with van der Waals surface area (Å²) in [6.45, 7) is 3.45. The number of rotatable bonds is 2. The summed E-state index contributed by atoms with van der Waals surface area (Å²) < 4.78 is 0. The van der Waals surface area contributed by atoms with Crippen LogP contribution in [0.25, 0.3) is 0 Å². The van der Waals surface area contributed by atoms with E-state index in [-0.39, 0.29) is 0 Å². The van der Waals surface area contributed by atoms with Crippen LogP contribution in [0, 0.1) is 0 Å². The normalized spacial score (nSPS) is 9.43. The van der Waals surface area contributed by atoms with E-state index in [2.05, 4.69) is 29.5 Å². The molecule has 0 fully saturated rings. The van der Waals surface area contributed by atoms with Gasteiger partial charge in [0.1, 0.15) is 0 Å². The minimum Gasteiger partial charge on any atom is -0.342 e. The van der Waals surface area contributed by atoms with Crippen molar-refractivity contribution >= 4 is 19.0 Å². The highest BCUT2D eigenvalue weighted by Crippen LogP contribution is 1.83. The van der Waals surface area contributed by atoms with Crippen molar-refractivity contribution in [2.24, 2.45) is 4.99 Å². The summed E-state index contributed by atoms with van der Waals surface area (Å²) in [7, 11) is 1.67. The van der Waals surface area contributed by atoms with Crippen LogP contribution in [0.3, 0.4) is 0 Å². The fraction of sp³-hybridized carbons (Fsp3) is 0.250. The van der Waals surface area contributed by atoms with Crippen LogP contribution in [0.15, 0.2) is 16.6 Å². The Morgan fingerprint density at radius 2 is 2.57 bits per heavy atom. The molecule has 0 rings (SSSR count). The second kappa shape index (κ2) is 3.74. The maximum atomic E-state index is 3.84. The van der Waals surface area contributed by atoms with E-state index in [9.17, 15) is 0 Å². The lowest BCUT2D eigenvalue weighted by Crippen LogP contribution is -2.03. The van der Waals surface area contributed by atoms with Gasteiger partial charge in [0, 0.05) is 7.05 Å². The molecule has 0 amide bonds. The molecule has 0 aliphatic carbocycles. The third kappa shape index (κ3) is 5.56. The highest BCUT2D eigenvalue weighted by atomic mass is 32.1. The second-order valence-corrected chi connectivity index (χ2v) is 1.52. The molecule has 0 aromatic rings. The Labute approximate surface area is 48.7 Å². The van der Waals surface area contributed by atoms with Crippen LogP contribution in [-0.2, 0) is 0 Å². The average Bonchev–Trinajstić information content (AvgIpc) is 1.61. The molecule has 0 saturated carbocycles. The maximum Gasteiger partial charge on any atom is 0.0868 e. The van der Waals surface area contributed by atoms with Gasteiger partial charge in [0.25, 0.3) is 0 Å². The van der Waals surface area contributed by atoms with Crippen molar-refractivity contribution < 1.29 is 0 Å². The molecule has 0 heterocycles. The zero-order valence-electron chi connectivity index (χ0n) is 4.18. The van der Waals surface area contributed by atoms with Gasteiger partial charge in [-0.2, -0.15) is 0 Å². The summed E-state index contributed by atoms with van der Waals surface area (Å²) >= 11 is 3.84. The molecular formula is C4H8N2S. The van der Waals surface area contributed by atoms with Crippen molar-refractivity contribution in [3.8, 4) is 0 Å². The smallest absolute Gasteiger partial charge is 0.0868 e. The van der Waals surface area contributed by atoms with Gasteiger partial charge in [-0.05, 0) is 0 Å². The van der Waals surface area contributed by atoms with E-state index in [1.165, 1.54) is 6.34 Å². The van der Waals surface area contributed by atoms with Gasteiger partial charge in [0.2, 0.25) is 0 Å². The number of hydrogen-bond donors (Lipinski definition) is 2. The molecule has 7 heavy (non-hydrogen) atoms. The topological polar surface area (TPSA) is 24.4 Å². The number of nitrogens with zero attached hydrogens (tertiary/aromatic N) is 1. The first-order valence-corrected chi connectivity index (χ1v) is 2.27. The molecule has 0 atom stereocenters. The van der Waals surface area contributed by atoms with E-state index in [0.717, 1.165) is 0 Å². The Morgan fingerprint density at radius 1 is 2.00 bits per heavy atom. The predicted molar refractivity (Wildman–Crippen MR) is 35.7 cm³/mol. The van der Waals surface area contributed by atoms with Gasteiger partial charge >= 0.3 is 0 Å². The lowest BCUT2D eigenvalue weighted by Gasteiger charge is -1.89. The third-order valence-electron chi connectivity index (χ3n) is 0.360. The summed E-state index contributed by atoms with van der Waals surface area (Å²) in [6.07, 6.45) is 1.52. The molecular weight excluding hydrogens is 108 g/mol. The number of hydrogen-bond acceptors (Lipinski definition) is 2. The summed E-state index contributed by atoms with van der Waals surface area (Å²) in [6, 6.07) is 0. The molecule has 0 aliphatic rings. The lowest BCUT2D eigenvalue weighted by molar-refractivity contribution is 1.27. The number of aliphatic imine (C=N–C) groups is 1. The van der Waals surface area contributed by atoms with E-state index in [0.29, 0.717) is 5.03 Å². The Hall–Kier alpha value is -0.440. The number of nitrogens with one attached hydrogen (secondary N) is 1. The van der Waals surface area contributed by atoms with Gasteiger partial charge in [0.05, 0.1) is 11.4 Å². The summed E-state index contributed by atoms with van der Waals surface area (Å²) in [4.78, 5) is 3.63. The molecule has 0 bridgehead atoms. The Balaban J connectivity index is 3.14. The van der Waals surface area contributed by atoms with Crippen molar-refractivity contribution in [2.75, 3.05) is 7.05 Å². The molecule has 3 heteroatoms. The fourth-order valence-corrected chi connectivity index (χ4v) is 0.197. The fourth-order valence-electron chi connectivity index (χ4n) is 0.139. The first kappa shape index (κ1) is 6.56. The van der Waals surface area contributed by atoms with Crippen molar-refractivity contribution in [1.29, 1.82) is 0 Å². The van der Waals surface area contributed by atoms with Crippen LogP contribution < -0.4 is 5.32 Å². The molecule has 2 nitrogen and oxygen atoms in total. The van der Waals surface area contributed by atoms with Crippen molar-refractivity contribution in [2.45, 2.75) is 0 Å². The standard InChI is InChI=1S/C4H8N2S/c1-4(7)6-3-5-2/h3,7H,1H2,2H3,(H,5,6). The van der Waals surface area contributed by atoms with Gasteiger partial charge in [0.15, 0.2) is 0 Å². The van der Waals surface area contributed by atoms with E-state index in [1.54, 1.807) is 7.05 Å². The van der Waals surface area contributed by atoms with E-state index in [4.69, 9.17) is 0 Å². The van der Waals surface area contributed by atoms with Crippen LogP contribution in [0.5, 0.6) is 0 Å². The maximum absolute atomic E-state index is 3.84. The van der Waals surface area contributed by atoms with Crippen LogP contribution >= 0.6 is 12.6 Å². The zero-order chi connectivity index (χ0) is 5.70. The highest BCUT2D eigenvalue weighted by molar-refractivity contribution is 7.84. The summed E-state index contributed by atoms with van der Waals surface area (Å²) in [5.74, 6) is 0. The van der Waals surface area contributed by atoms with E-state index in [1.807, 2.05) is 0 Å². The molecule has 40 valence electrons.